The number of aromatic amines is 1. The minimum absolute atomic E-state index is 0.0438. The zero-order chi connectivity index (χ0) is 24.7. The average Bonchev–Trinajstić information content (AvgIpc) is 3.46. The molecule has 0 bridgehead atoms. The first kappa shape index (κ1) is 23.5. The van der Waals surface area contributed by atoms with Crippen LogP contribution in [0.15, 0.2) is 33.0 Å². The number of hydrogen-bond acceptors (Lipinski definition) is 8. The molecular formula is C21H21BrN6O6S. The van der Waals surface area contributed by atoms with E-state index < -0.39 is 18.1 Å². The van der Waals surface area contributed by atoms with Gasteiger partial charge in [-0.1, -0.05) is 11.8 Å². The molecule has 0 unspecified atom stereocenters. The predicted molar refractivity (Wildman–Crippen MR) is 126 cm³/mol. The van der Waals surface area contributed by atoms with Crippen molar-refractivity contribution in [2.24, 2.45) is 5.92 Å². The zero-order valence-corrected chi connectivity index (χ0v) is 20.6. The molecule has 2 aromatic heterocycles. The fourth-order valence-electron chi connectivity index (χ4n) is 4.34. The lowest BCUT2D eigenvalue weighted by atomic mass is 9.88. The first-order valence-electron chi connectivity index (χ1n) is 10.8. The van der Waals surface area contributed by atoms with Crippen molar-refractivity contribution in [3.05, 3.63) is 28.4 Å². The van der Waals surface area contributed by atoms with Gasteiger partial charge >= 0.3 is 12.1 Å². The minimum atomic E-state index is -1.21. The lowest BCUT2D eigenvalue weighted by molar-refractivity contribution is -0.144. The van der Waals surface area contributed by atoms with Crippen molar-refractivity contribution in [1.29, 1.82) is 5.41 Å². The summed E-state index contributed by atoms with van der Waals surface area (Å²) in [5, 5.41) is 27.5. The molecule has 3 aromatic rings. The monoisotopic (exact) mass is 564 g/mol. The third kappa shape index (κ3) is 4.67. The van der Waals surface area contributed by atoms with Gasteiger partial charge in [-0.2, -0.15) is 0 Å². The number of aryl methyl sites for hydroxylation is 1. The third-order valence-electron chi connectivity index (χ3n) is 6.15. The molecule has 0 saturated carbocycles. The molecule has 1 aromatic carbocycles. The molecule has 0 spiro atoms. The van der Waals surface area contributed by atoms with E-state index in [2.05, 4.69) is 30.9 Å². The smallest absolute Gasteiger partial charge is 0.408 e. The number of carboxylic acid groups (broad SMARTS) is 2. The maximum atomic E-state index is 11.6. The van der Waals surface area contributed by atoms with Crippen LogP contribution in [0.5, 0.6) is 11.5 Å². The van der Waals surface area contributed by atoms with Gasteiger partial charge in [0.1, 0.15) is 11.6 Å². The number of carbonyl (C=O) groups is 2. The first-order chi connectivity index (χ1) is 16.8. The topological polar surface area (TPSA) is 167 Å². The molecule has 14 heteroatoms. The molecule has 0 radical (unpaired) electrons. The van der Waals surface area contributed by atoms with Gasteiger partial charge in [-0.05, 0) is 53.2 Å². The van der Waals surface area contributed by atoms with Gasteiger partial charge < -0.3 is 29.2 Å². The molecule has 5 rings (SSSR count). The number of aliphatic carboxylic acids is 1. The highest BCUT2D eigenvalue weighted by molar-refractivity contribution is 9.10. The normalized spacial score (nSPS) is 19.3. The van der Waals surface area contributed by atoms with E-state index in [1.807, 2.05) is 16.7 Å². The summed E-state index contributed by atoms with van der Waals surface area (Å²) in [5.74, 6) is 0.234. The molecule has 35 heavy (non-hydrogen) atoms. The Morgan fingerprint density at radius 3 is 2.80 bits per heavy atom. The van der Waals surface area contributed by atoms with Gasteiger partial charge in [0.25, 0.3) is 0 Å². The highest BCUT2D eigenvalue weighted by Gasteiger charge is 2.36. The van der Waals surface area contributed by atoms with Gasteiger partial charge in [-0.3, -0.25) is 10.3 Å². The number of benzene rings is 1. The summed E-state index contributed by atoms with van der Waals surface area (Å²) in [5.41, 5.74) is 1.14. The SMILES string of the molecule is N=c1ncn(CC[C@H]2CCN(C(=O)O)[C@H](C(=O)O)C2)c2nc(Sc3cc4c(cc3Br)OCO4)[nH]c12. The van der Waals surface area contributed by atoms with Crippen molar-refractivity contribution < 1.29 is 29.3 Å². The summed E-state index contributed by atoms with van der Waals surface area (Å²) in [7, 11) is 0. The Hall–Kier alpha value is -3.26. The van der Waals surface area contributed by atoms with Crippen LogP contribution in [0.1, 0.15) is 19.3 Å². The van der Waals surface area contributed by atoms with Gasteiger partial charge in [-0.25, -0.2) is 19.6 Å². The molecule has 2 atom stereocenters. The Labute approximate surface area is 210 Å². The standard InChI is InChI=1S/C21H21BrN6O6S/c22-11-6-13-14(34-9-33-13)7-15(11)35-20-25-16-17(23)24-8-27(18(16)26-20)3-1-10-2-4-28(21(31)32)12(5-10)19(29)30/h6-8,10,12,23H,1-5,9H2,(H,25,26)(H,29,30)(H,31,32)/t10-,12-/m0/s1. The summed E-state index contributed by atoms with van der Waals surface area (Å²) >= 11 is 4.92. The van der Waals surface area contributed by atoms with Gasteiger partial charge in [-0.15, -0.1) is 0 Å². The maximum Gasteiger partial charge on any atom is 0.408 e. The average molecular weight is 565 g/mol. The number of nitrogens with zero attached hydrogens (tertiary/aromatic N) is 4. The van der Waals surface area contributed by atoms with E-state index in [0.717, 1.165) is 14.3 Å². The maximum absolute atomic E-state index is 11.6. The number of ether oxygens (including phenoxy) is 2. The van der Waals surface area contributed by atoms with E-state index in [0.29, 0.717) is 47.2 Å². The van der Waals surface area contributed by atoms with Crippen molar-refractivity contribution >= 4 is 50.9 Å². The van der Waals surface area contributed by atoms with E-state index in [9.17, 15) is 19.8 Å². The number of imidazole rings is 1. The van der Waals surface area contributed by atoms with Crippen LogP contribution in [-0.4, -0.2) is 66.1 Å². The quantitative estimate of drug-likeness (QED) is 0.351. The van der Waals surface area contributed by atoms with Gasteiger partial charge in [0, 0.05) is 22.5 Å². The number of amides is 1. The van der Waals surface area contributed by atoms with Gasteiger partial charge in [0.15, 0.2) is 27.8 Å². The molecule has 4 N–H and O–H groups in total. The third-order valence-corrected chi connectivity index (χ3v) is 8.01. The van der Waals surface area contributed by atoms with E-state index >= 15 is 0 Å². The second-order valence-corrected chi connectivity index (χ2v) is 10.2. The van der Waals surface area contributed by atoms with Gasteiger partial charge in [0.2, 0.25) is 6.79 Å². The summed E-state index contributed by atoms with van der Waals surface area (Å²) in [6.45, 7) is 0.877. The number of rotatable bonds is 6. The Morgan fingerprint density at radius 2 is 2.06 bits per heavy atom. The van der Waals surface area contributed by atoms with Crippen LogP contribution in [0.25, 0.3) is 11.2 Å². The summed E-state index contributed by atoms with van der Waals surface area (Å²) in [6.07, 6.45) is 1.83. The zero-order valence-electron chi connectivity index (χ0n) is 18.2. The number of carboxylic acids is 1. The Balaban J connectivity index is 1.34. The molecule has 184 valence electrons. The van der Waals surface area contributed by atoms with Crippen LogP contribution in [0, 0.1) is 11.3 Å². The minimum Gasteiger partial charge on any atom is -0.480 e. The Kier molecular flexibility index (Phi) is 6.32. The van der Waals surface area contributed by atoms with Crippen LogP contribution < -0.4 is 15.0 Å². The number of hydrogen-bond donors (Lipinski definition) is 4. The van der Waals surface area contributed by atoms with Crippen LogP contribution >= 0.6 is 27.7 Å². The highest BCUT2D eigenvalue weighted by Crippen LogP contribution is 2.42. The molecular weight excluding hydrogens is 544 g/mol. The molecule has 2 aliphatic heterocycles. The van der Waals surface area contributed by atoms with Crippen molar-refractivity contribution in [2.45, 2.75) is 41.9 Å². The number of likely N-dealkylation sites (tertiary alicyclic amines) is 1. The number of H-pyrrole nitrogens is 1. The van der Waals surface area contributed by atoms with Crippen molar-refractivity contribution in [1.82, 2.24) is 24.4 Å². The molecule has 2 aliphatic rings. The summed E-state index contributed by atoms with van der Waals surface area (Å²) in [4.78, 5) is 36.8. The van der Waals surface area contributed by atoms with Crippen molar-refractivity contribution in [3.8, 4) is 11.5 Å². The van der Waals surface area contributed by atoms with Crippen molar-refractivity contribution in [3.63, 3.8) is 0 Å². The lowest BCUT2D eigenvalue weighted by Gasteiger charge is -2.35. The molecule has 12 nitrogen and oxygen atoms in total. The fraction of sp³-hybridized carbons (Fsp3) is 0.381. The summed E-state index contributed by atoms with van der Waals surface area (Å²) < 4.78 is 13.5. The molecule has 0 aliphatic carbocycles. The largest absolute Gasteiger partial charge is 0.480 e. The van der Waals surface area contributed by atoms with Crippen LogP contribution in [0.3, 0.4) is 0 Å². The molecule has 1 fully saturated rings. The van der Waals surface area contributed by atoms with Crippen molar-refractivity contribution in [2.75, 3.05) is 13.3 Å². The molecule has 4 heterocycles. The first-order valence-corrected chi connectivity index (χ1v) is 12.4. The lowest BCUT2D eigenvalue weighted by Crippen LogP contribution is -2.49. The van der Waals surface area contributed by atoms with Crippen LogP contribution in [0.4, 0.5) is 4.79 Å². The van der Waals surface area contributed by atoms with Crippen LogP contribution in [-0.2, 0) is 11.3 Å². The summed E-state index contributed by atoms with van der Waals surface area (Å²) in [6, 6.07) is 2.66. The number of halogens is 1. The number of piperidine rings is 1. The Morgan fingerprint density at radius 1 is 1.29 bits per heavy atom. The second kappa shape index (κ2) is 9.41. The van der Waals surface area contributed by atoms with E-state index in [-0.39, 0.29) is 31.2 Å². The highest BCUT2D eigenvalue weighted by atomic mass is 79.9. The second-order valence-electron chi connectivity index (χ2n) is 8.27. The number of fused-ring (bicyclic) bond motifs is 2. The van der Waals surface area contributed by atoms with Gasteiger partial charge in [0.05, 0.1) is 6.33 Å². The predicted octanol–water partition coefficient (Wildman–Crippen LogP) is 3.11. The molecule has 1 saturated heterocycles. The van der Waals surface area contributed by atoms with E-state index in [4.69, 9.17) is 14.9 Å². The number of aromatic nitrogens is 4. The number of nitrogens with one attached hydrogen (secondary N) is 2. The van der Waals surface area contributed by atoms with E-state index in [1.165, 1.54) is 11.8 Å². The van der Waals surface area contributed by atoms with Crippen LogP contribution in [0.2, 0.25) is 0 Å². The molecule has 1 amide bonds. The Bertz CT molecular complexity index is 1380. The fourth-order valence-corrected chi connectivity index (χ4v) is 5.72. The van der Waals surface area contributed by atoms with E-state index in [1.54, 1.807) is 6.33 Å².